The van der Waals surface area contributed by atoms with Crippen molar-refractivity contribution in [2.24, 2.45) is 0 Å². The Morgan fingerprint density at radius 2 is 2.26 bits per heavy atom. The predicted molar refractivity (Wildman–Crippen MR) is 71.4 cm³/mol. The molecule has 0 bridgehead atoms. The molecule has 0 saturated heterocycles. The number of nitrogens with zero attached hydrogens (tertiary/aromatic N) is 4. The van der Waals surface area contributed by atoms with Crippen molar-refractivity contribution in [3.63, 3.8) is 0 Å². The van der Waals surface area contributed by atoms with Gasteiger partial charge < -0.3 is 14.5 Å². The fraction of sp³-hybridized carbons (Fsp3) is 0.462. The van der Waals surface area contributed by atoms with E-state index in [1.807, 2.05) is 28.5 Å². The summed E-state index contributed by atoms with van der Waals surface area (Å²) < 4.78 is 3.80. The smallest absolute Gasteiger partial charge is 0.240 e. The van der Waals surface area contributed by atoms with Crippen molar-refractivity contribution in [3.05, 3.63) is 36.9 Å². The van der Waals surface area contributed by atoms with Crippen molar-refractivity contribution < 1.29 is 4.79 Å². The van der Waals surface area contributed by atoms with Gasteiger partial charge in [-0.15, -0.1) is 0 Å². The number of nitrogens with one attached hydrogen (secondary N) is 1. The molecular formula is C13H19N5O. The standard InChI is InChI=1S/C13H19N5O/c1-3-12(8-17-6-4-14-10-17)16-13(19)9-18-7-5-15-11(18)2/h4-7,10,12H,3,8-9H2,1-2H3,(H,16,19)/t12-/m1/s1. The van der Waals surface area contributed by atoms with Crippen LogP contribution in [0.5, 0.6) is 0 Å². The van der Waals surface area contributed by atoms with Crippen LogP contribution in [0.25, 0.3) is 0 Å². The molecule has 2 aromatic heterocycles. The van der Waals surface area contributed by atoms with E-state index in [4.69, 9.17) is 0 Å². The summed E-state index contributed by atoms with van der Waals surface area (Å²) >= 11 is 0. The minimum atomic E-state index is 0.00747. The van der Waals surface area contributed by atoms with Crippen molar-refractivity contribution >= 4 is 5.91 Å². The first-order valence-corrected chi connectivity index (χ1v) is 6.42. The third-order valence-corrected chi connectivity index (χ3v) is 3.09. The van der Waals surface area contributed by atoms with Crippen LogP contribution in [-0.2, 0) is 17.9 Å². The molecule has 19 heavy (non-hydrogen) atoms. The molecule has 0 saturated carbocycles. The van der Waals surface area contributed by atoms with Gasteiger partial charge in [0.1, 0.15) is 12.4 Å². The van der Waals surface area contributed by atoms with Crippen LogP contribution in [0.15, 0.2) is 31.1 Å². The summed E-state index contributed by atoms with van der Waals surface area (Å²) in [7, 11) is 0. The second-order valence-corrected chi connectivity index (χ2v) is 4.53. The maximum absolute atomic E-state index is 12.0. The van der Waals surface area contributed by atoms with Gasteiger partial charge in [0.2, 0.25) is 5.91 Å². The van der Waals surface area contributed by atoms with Crippen LogP contribution in [0.2, 0.25) is 0 Å². The Morgan fingerprint density at radius 3 is 2.84 bits per heavy atom. The van der Waals surface area contributed by atoms with Crippen molar-refractivity contribution in [1.29, 1.82) is 0 Å². The first-order valence-electron chi connectivity index (χ1n) is 6.42. The Hall–Kier alpha value is -2.11. The number of rotatable bonds is 6. The first-order chi connectivity index (χ1) is 9.19. The summed E-state index contributed by atoms with van der Waals surface area (Å²) in [5.74, 6) is 0.853. The molecule has 1 atom stereocenters. The Bertz CT molecular complexity index is 517. The average molecular weight is 261 g/mol. The number of aryl methyl sites for hydroxylation is 1. The van der Waals surface area contributed by atoms with E-state index in [1.165, 1.54) is 0 Å². The third kappa shape index (κ3) is 3.67. The van der Waals surface area contributed by atoms with Crippen LogP contribution in [0.4, 0.5) is 0 Å². The van der Waals surface area contributed by atoms with Crippen molar-refractivity contribution in [3.8, 4) is 0 Å². The molecule has 0 aliphatic heterocycles. The Kier molecular flexibility index (Phi) is 4.33. The monoisotopic (exact) mass is 261 g/mol. The zero-order valence-electron chi connectivity index (χ0n) is 11.3. The molecule has 1 amide bonds. The van der Waals surface area contributed by atoms with E-state index >= 15 is 0 Å². The van der Waals surface area contributed by atoms with Gasteiger partial charge in [0, 0.05) is 37.4 Å². The fourth-order valence-corrected chi connectivity index (χ4v) is 1.92. The zero-order valence-corrected chi connectivity index (χ0v) is 11.3. The van der Waals surface area contributed by atoms with Crippen molar-refractivity contribution in [2.75, 3.05) is 0 Å². The lowest BCUT2D eigenvalue weighted by Crippen LogP contribution is -2.39. The SMILES string of the molecule is CC[C@H](Cn1ccnc1)NC(=O)Cn1ccnc1C. The largest absolute Gasteiger partial charge is 0.350 e. The molecule has 2 aromatic rings. The minimum Gasteiger partial charge on any atom is -0.350 e. The van der Waals surface area contributed by atoms with E-state index in [2.05, 4.69) is 22.2 Å². The highest BCUT2D eigenvalue weighted by atomic mass is 16.2. The Morgan fingerprint density at radius 1 is 1.42 bits per heavy atom. The third-order valence-electron chi connectivity index (χ3n) is 3.09. The van der Waals surface area contributed by atoms with Crippen molar-refractivity contribution in [2.45, 2.75) is 39.4 Å². The van der Waals surface area contributed by atoms with Gasteiger partial charge in [-0.25, -0.2) is 9.97 Å². The van der Waals surface area contributed by atoms with Crippen LogP contribution < -0.4 is 5.32 Å². The fourth-order valence-electron chi connectivity index (χ4n) is 1.92. The maximum atomic E-state index is 12.0. The van der Waals surface area contributed by atoms with Crippen LogP contribution in [0.3, 0.4) is 0 Å². The second-order valence-electron chi connectivity index (χ2n) is 4.53. The number of hydrogen-bond donors (Lipinski definition) is 1. The summed E-state index contributed by atoms with van der Waals surface area (Å²) in [5, 5.41) is 3.03. The lowest BCUT2D eigenvalue weighted by Gasteiger charge is -2.17. The first kappa shape index (κ1) is 13.3. The molecule has 102 valence electrons. The lowest BCUT2D eigenvalue weighted by atomic mass is 10.2. The van der Waals surface area contributed by atoms with Gasteiger partial charge in [0.15, 0.2) is 0 Å². The average Bonchev–Trinajstić information content (AvgIpc) is 3.01. The van der Waals surface area contributed by atoms with Crippen molar-refractivity contribution in [1.82, 2.24) is 24.4 Å². The normalized spacial score (nSPS) is 12.3. The molecule has 0 aromatic carbocycles. The molecule has 6 nitrogen and oxygen atoms in total. The van der Waals surface area contributed by atoms with E-state index < -0.39 is 0 Å². The molecule has 0 aliphatic carbocycles. The second kappa shape index (κ2) is 6.17. The number of amides is 1. The molecule has 0 aliphatic rings. The van der Waals surface area contributed by atoms with Gasteiger partial charge in [-0.3, -0.25) is 4.79 Å². The summed E-state index contributed by atoms with van der Waals surface area (Å²) in [6, 6.07) is 0.116. The van der Waals surface area contributed by atoms with E-state index in [0.717, 1.165) is 18.8 Å². The highest BCUT2D eigenvalue weighted by Gasteiger charge is 2.12. The van der Waals surface area contributed by atoms with Crippen LogP contribution in [0, 0.1) is 6.92 Å². The van der Waals surface area contributed by atoms with Gasteiger partial charge in [0.05, 0.1) is 6.33 Å². The van der Waals surface area contributed by atoms with E-state index in [0.29, 0.717) is 6.54 Å². The van der Waals surface area contributed by atoms with Crippen LogP contribution >= 0.6 is 0 Å². The summed E-state index contributed by atoms with van der Waals surface area (Å²) in [6.45, 7) is 5.00. The molecule has 0 unspecified atom stereocenters. The summed E-state index contributed by atoms with van der Waals surface area (Å²) in [4.78, 5) is 20.1. The minimum absolute atomic E-state index is 0.00747. The van der Waals surface area contributed by atoms with Gasteiger partial charge in [-0.2, -0.15) is 0 Å². The van der Waals surface area contributed by atoms with Gasteiger partial charge >= 0.3 is 0 Å². The highest BCUT2D eigenvalue weighted by molar-refractivity contribution is 5.76. The predicted octanol–water partition coefficient (Wildman–Crippen LogP) is 0.983. The number of carbonyl (C=O) groups is 1. The highest BCUT2D eigenvalue weighted by Crippen LogP contribution is 1.99. The van der Waals surface area contributed by atoms with Crippen LogP contribution in [-0.4, -0.2) is 31.1 Å². The van der Waals surface area contributed by atoms with Crippen LogP contribution in [0.1, 0.15) is 19.2 Å². The Labute approximate surface area is 112 Å². The molecule has 1 N–H and O–H groups in total. The lowest BCUT2D eigenvalue weighted by molar-refractivity contribution is -0.122. The zero-order chi connectivity index (χ0) is 13.7. The molecule has 2 heterocycles. The summed E-state index contributed by atoms with van der Waals surface area (Å²) in [5.41, 5.74) is 0. The van der Waals surface area contributed by atoms with Gasteiger partial charge in [-0.05, 0) is 13.3 Å². The molecule has 6 heteroatoms. The molecule has 2 rings (SSSR count). The molecule has 0 fully saturated rings. The topological polar surface area (TPSA) is 64.7 Å². The van der Waals surface area contributed by atoms with E-state index in [9.17, 15) is 4.79 Å². The molecular weight excluding hydrogens is 242 g/mol. The number of aromatic nitrogens is 4. The Balaban J connectivity index is 1.87. The number of hydrogen-bond acceptors (Lipinski definition) is 3. The number of imidazole rings is 2. The maximum Gasteiger partial charge on any atom is 0.240 e. The van der Waals surface area contributed by atoms with E-state index in [1.54, 1.807) is 18.7 Å². The summed E-state index contributed by atoms with van der Waals surface area (Å²) in [6.07, 6.45) is 9.79. The van der Waals surface area contributed by atoms with E-state index in [-0.39, 0.29) is 11.9 Å². The van der Waals surface area contributed by atoms with Gasteiger partial charge in [0.25, 0.3) is 0 Å². The molecule has 0 spiro atoms. The molecule has 0 radical (unpaired) electrons. The van der Waals surface area contributed by atoms with Gasteiger partial charge in [-0.1, -0.05) is 6.92 Å². The quantitative estimate of drug-likeness (QED) is 0.843. The number of carbonyl (C=O) groups excluding carboxylic acids is 1.